The lowest BCUT2D eigenvalue weighted by Crippen LogP contribution is -1.95. The van der Waals surface area contributed by atoms with E-state index in [0.717, 1.165) is 37.1 Å². The van der Waals surface area contributed by atoms with Crippen LogP contribution in [0.25, 0.3) is 20.3 Å². The summed E-state index contributed by atoms with van der Waals surface area (Å²) in [7, 11) is 0. The number of aromatic nitrogens is 1. The summed E-state index contributed by atoms with van der Waals surface area (Å²) in [6, 6.07) is 3.98. The summed E-state index contributed by atoms with van der Waals surface area (Å²) < 4.78 is 7.89. The van der Waals surface area contributed by atoms with Gasteiger partial charge in [0.1, 0.15) is 12.4 Å². The van der Waals surface area contributed by atoms with Gasteiger partial charge in [0.25, 0.3) is 0 Å². The number of thiazole rings is 1. The average molecular weight is 305 g/mol. The number of aliphatic carboxylic acids is 1. The predicted octanol–water partition coefficient (Wildman–Crippen LogP) is 3.84. The molecule has 2 aromatic heterocycles. The molecule has 1 N–H and O–H groups in total. The molecule has 4 nitrogen and oxygen atoms in total. The molecule has 20 heavy (non-hydrogen) atoms. The molecule has 0 bridgehead atoms. The molecule has 0 aliphatic carbocycles. The Morgan fingerprint density at radius 3 is 3.20 bits per heavy atom. The normalized spacial score (nSPS) is 11.7. The lowest BCUT2D eigenvalue weighted by molar-refractivity contribution is -0.131. The lowest BCUT2D eigenvalue weighted by atomic mass is 10.2. The molecular weight excluding hydrogens is 294 g/mol. The third-order valence-corrected chi connectivity index (χ3v) is 4.60. The molecule has 102 valence electrons. The number of benzene rings is 1. The number of rotatable bonds is 4. The highest BCUT2D eigenvalue weighted by Crippen LogP contribution is 2.38. The predicted molar refractivity (Wildman–Crippen MR) is 82.0 cm³/mol. The van der Waals surface area contributed by atoms with E-state index < -0.39 is 5.97 Å². The number of carbonyl (C=O) groups is 1. The molecule has 0 fully saturated rings. The topological polar surface area (TPSA) is 59.4 Å². The van der Waals surface area contributed by atoms with Gasteiger partial charge in [-0.25, -0.2) is 9.78 Å². The molecule has 0 atom stereocenters. The molecule has 0 saturated heterocycles. The third kappa shape index (κ3) is 2.39. The Kier molecular flexibility index (Phi) is 3.42. The molecule has 0 spiro atoms. The van der Waals surface area contributed by atoms with E-state index in [1.165, 1.54) is 6.08 Å². The molecule has 0 amide bonds. The van der Waals surface area contributed by atoms with Crippen molar-refractivity contribution in [3.63, 3.8) is 0 Å². The van der Waals surface area contributed by atoms with Crippen LogP contribution in [0.5, 0.6) is 5.75 Å². The molecule has 3 aromatic rings. The van der Waals surface area contributed by atoms with Crippen molar-refractivity contribution in [2.24, 2.45) is 0 Å². The van der Waals surface area contributed by atoms with E-state index in [9.17, 15) is 4.79 Å². The van der Waals surface area contributed by atoms with Gasteiger partial charge in [0.2, 0.25) is 0 Å². The summed E-state index contributed by atoms with van der Waals surface area (Å²) in [6.45, 7) is 2.22. The second kappa shape index (κ2) is 5.22. The Balaban J connectivity index is 2.00. The van der Waals surface area contributed by atoms with Crippen LogP contribution in [0, 0.1) is 6.92 Å². The largest absolute Gasteiger partial charge is 0.489 e. The van der Waals surface area contributed by atoms with Crippen molar-refractivity contribution in [2.75, 3.05) is 6.61 Å². The van der Waals surface area contributed by atoms with Gasteiger partial charge in [-0.3, -0.25) is 0 Å². The fraction of sp³-hybridized carbons (Fsp3) is 0.143. The Hall–Kier alpha value is -1.92. The van der Waals surface area contributed by atoms with Gasteiger partial charge in [0.15, 0.2) is 0 Å². The molecule has 0 aliphatic heterocycles. The fourth-order valence-electron chi connectivity index (χ4n) is 1.99. The number of aryl methyl sites for hydroxylation is 1. The van der Waals surface area contributed by atoms with Gasteiger partial charge in [-0.05, 0) is 24.4 Å². The van der Waals surface area contributed by atoms with E-state index >= 15 is 0 Å². The highest BCUT2D eigenvalue weighted by Gasteiger charge is 2.12. The van der Waals surface area contributed by atoms with Crippen molar-refractivity contribution in [1.82, 2.24) is 4.98 Å². The maximum atomic E-state index is 10.4. The number of fused-ring (bicyclic) bond motifs is 3. The second-order valence-corrected chi connectivity index (χ2v) is 6.32. The number of hydrogen-bond acceptors (Lipinski definition) is 5. The van der Waals surface area contributed by atoms with Gasteiger partial charge in [0.05, 0.1) is 19.9 Å². The average Bonchev–Trinajstić information content (AvgIpc) is 2.99. The van der Waals surface area contributed by atoms with Crippen LogP contribution in [0.3, 0.4) is 0 Å². The fourth-order valence-corrected chi connectivity index (χ4v) is 3.83. The summed E-state index contributed by atoms with van der Waals surface area (Å²) in [6.07, 6.45) is 2.57. The number of ether oxygens (including phenoxy) is 1. The van der Waals surface area contributed by atoms with Gasteiger partial charge >= 0.3 is 5.97 Å². The maximum absolute atomic E-state index is 10.4. The minimum atomic E-state index is -0.970. The first-order chi connectivity index (χ1) is 9.65. The number of hydrogen-bond donors (Lipinski definition) is 1. The molecule has 0 saturated carbocycles. The van der Waals surface area contributed by atoms with E-state index in [-0.39, 0.29) is 6.61 Å². The van der Waals surface area contributed by atoms with Crippen LogP contribution in [0.1, 0.15) is 5.01 Å². The summed E-state index contributed by atoms with van der Waals surface area (Å²) in [5.74, 6) is -0.199. The second-order valence-electron chi connectivity index (χ2n) is 4.17. The first-order valence-electron chi connectivity index (χ1n) is 5.95. The zero-order valence-electron chi connectivity index (χ0n) is 10.6. The molecule has 6 heteroatoms. The smallest absolute Gasteiger partial charge is 0.328 e. The molecule has 1 aromatic carbocycles. The molecule has 0 unspecified atom stereocenters. The quantitative estimate of drug-likeness (QED) is 0.744. The molecule has 3 rings (SSSR count). The summed E-state index contributed by atoms with van der Waals surface area (Å²) in [4.78, 5) is 15.0. The maximum Gasteiger partial charge on any atom is 0.328 e. The molecule has 0 aliphatic rings. The van der Waals surface area contributed by atoms with Crippen molar-refractivity contribution in [3.05, 3.63) is 34.7 Å². The lowest BCUT2D eigenvalue weighted by Gasteiger charge is -2.05. The van der Waals surface area contributed by atoms with E-state index in [4.69, 9.17) is 9.84 Å². The van der Waals surface area contributed by atoms with Crippen LogP contribution in [0.4, 0.5) is 0 Å². The van der Waals surface area contributed by atoms with E-state index in [1.807, 2.05) is 24.4 Å². The SMILES string of the molecule is Cc1nc2c(cc(OCC=CC(=O)O)c3ccsc32)s1. The molecular formula is C14H11NO3S2. The Morgan fingerprint density at radius 2 is 2.40 bits per heavy atom. The van der Waals surface area contributed by atoms with Gasteiger partial charge in [-0.1, -0.05) is 0 Å². The highest BCUT2D eigenvalue weighted by atomic mass is 32.1. The Labute approximate surface area is 122 Å². The third-order valence-electron chi connectivity index (χ3n) is 2.76. The number of nitrogens with zero attached hydrogens (tertiary/aromatic N) is 1. The van der Waals surface area contributed by atoms with Gasteiger partial charge < -0.3 is 9.84 Å². The van der Waals surface area contributed by atoms with Crippen LogP contribution >= 0.6 is 22.7 Å². The van der Waals surface area contributed by atoms with E-state index in [0.29, 0.717) is 0 Å². The Morgan fingerprint density at radius 1 is 1.55 bits per heavy atom. The first-order valence-corrected chi connectivity index (χ1v) is 7.64. The van der Waals surface area contributed by atoms with Crippen molar-refractivity contribution in [3.8, 4) is 5.75 Å². The van der Waals surface area contributed by atoms with Crippen LogP contribution in [0.15, 0.2) is 29.7 Å². The standard InChI is InChI=1S/C14H11NO3S2/c1-8-15-13-11(20-8)7-10(9-4-6-19-14(9)13)18-5-2-3-12(16)17/h2-4,6-7H,5H2,1H3,(H,16,17). The summed E-state index contributed by atoms with van der Waals surface area (Å²) >= 11 is 3.27. The van der Waals surface area contributed by atoms with Crippen molar-refractivity contribution < 1.29 is 14.6 Å². The minimum absolute atomic E-state index is 0.237. The number of carboxylic acids is 1. The zero-order chi connectivity index (χ0) is 14.1. The van der Waals surface area contributed by atoms with E-state index in [1.54, 1.807) is 22.7 Å². The monoisotopic (exact) mass is 305 g/mol. The first kappa shape index (κ1) is 13.1. The van der Waals surface area contributed by atoms with Crippen LogP contribution in [-0.4, -0.2) is 22.7 Å². The summed E-state index contributed by atoms with van der Waals surface area (Å²) in [5.41, 5.74) is 1.02. The van der Waals surface area contributed by atoms with Gasteiger partial charge in [-0.15, -0.1) is 22.7 Å². The van der Waals surface area contributed by atoms with Crippen molar-refractivity contribution in [1.29, 1.82) is 0 Å². The Bertz CT molecular complexity index is 816. The highest BCUT2D eigenvalue weighted by molar-refractivity contribution is 7.21. The van der Waals surface area contributed by atoms with Gasteiger partial charge in [-0.2, -0.15) is 0 Å². The van der Waals surface area contributed by atoms with Crippen LogP contribution < -0.4 is 4.74 Å². The molecule has 2 heterocycles. The van der Waals surface area contributed by atoms with Gasteiger partial charge in [0, 0.05) is 17.5 Å². The van der Waals surface area contributed by atoms with Crippen molar-refractivity contribution in [2.45, 2.75) is 6.92 Å². The van der Waals surface area contributed by atoms with Crippen LogP contribution in [0.2, 0.25) is 0 Å². The summed E-state index contributed by atoms with van der Waals surface area (Å²) in [5, 5.41) is 12.6. The zero-order valence-corrected chi connectivity index (χ0v) is 12.3. The minimum Gasteiger partial charge on any atom is -0.489 e. The number of thiophene rings is 1. The van der Waals surface area contributed by atoms with Crippen LogP contribution in [-0.2, 0) is 4.79 Å². The number of carboxylic acid groups (broad SMARTS) is 1. The van der Waals surface area contributed by atoms with Crippen molar-refractivity contribution >= 4 is 48.9 Å². The molecule has 0 radical (unpaired) electrons. The van der Waals surface area contributed by atoms with E-state index in [2.05, 4.69) is 4.98 Å².